The van der Waals surface area contributed by atoms with E-state index in [9.17, 15) is 9.59 Å². The molecule has 0 heterocycles. The zero-order valence-electron chi connectivity index (χ0n) is 10.4. The molecule has 6 heteroatoms. The molecule has 0 amide bonds. The van der Waals surface area contributed by atoms with Crippen molar-refractivity contribution in [3.63, 3.8) is 0 Å². The Balaban J connectivity index is -0.0000000700. The van der Waals surface area contributed by atoms with E-state index in [-0.39, 0.29) is 33.9 Å². The minimum atomic E-state index is -1.19. The second kappa shape index (κ2) is 17.1. The summed E-state index contributed by atoms with van der Waals surface area (Å²) in [5, 5.41) is 23.9. The second-order valence-electron chi connectivity index (χ2n) is 3.28. The number of aliphatic carboxylic acids is 1. The van der Waals surface area contributed by atoms with Crippen LogP contribution in [0.25, 0.3) is 0 Å². The largest absolute Gasteiger partial charge is 0.503 e. The second-order valence-corrected chi connectivity index (χ2v) is 3.28. The summed E-state index contributed by atoms with van der Waals surface area (Å²) in [7, 11) is 0. The molecule has 0 saturated carbocycles. The fraction of sp³-hybridized carbons (Fsp3) is 0.700. The van der Waals surface area contributed by atoms with Crippen LogP contribution in [0.3, 0.4) is 0 Å². The Morgan fingerprint density at radius 3 is 1.19 bits per heavy atom. The minimum Gasteiger partial charge on any atom is -0.503 e. The number of carboxylic acid groups (broad SMARTS) is 1. The molecule has 0 aliphatic heterocycles. The summed E-state index contributed by atoms with van der Waals surface area (Å²) in [6, 6.07) is 0. The molecule has 16 heavy (non-hydrogen) atoms. The van der Waals surface area contributed by atoms with Gasteiger partial charge < -0.3 is 20.1 Å². The van der Waals surface area contributed by atoms with E-state index in [2.05, 4.69) is 0 Å². The number of aliphatic hydroxyl groups is 2. The monoisotopic (exact) mass is 269 g/mol. The molecule has 0 atom stereocenters. The first-order valence-corrected chi connectivity index (χ1v) is 4.54. The van der Waals surface area contributed by atoms with Gasteiger partial charge in [-0.3, -0.25) is 4.79 Å². The summed E-state index contributed by atoms with van der Waals surface area (Å²) in [4.78, 5) is 19.4. The smallest absolute Gasteiger partial charge is 0.170 e. The van der Waals surface area contributed by atoms with Crippen LogP contribution in [0.5, 0.6) is 0 Å². The predicted molar refractivity (Wildman–Crippen MR) is 57.3 cm³/mol. The van der Waals surface area contributed by atoms with Crippen molar-refractivity contribution >= 4 is 11.8 Å². The van der Waals surface area contributed by atoms with Gasteiger partial charge in [0.25, 0.3) is 0 Å². The van der Waals surface area contributed by atoms with Crippen molar-refractivity contribution in [2.24, 2.45) is 0 Å². The maximum atomic E-state index is 9.82. The van der Waals surface area contributed by atoms with Crippen LogP contribution < -0.4 is 0 Å². The fourth-order valence-electron chi connectivity index (χ4n) is 0.174. The van der Waals surface area contributed by atoms with Crippen molar-refractivity contribution in [3.05, 3.63) is 6.42 Å². The van der Waals surface area contributed by atoms with Crippen molar-refractivity contribution < 1.29 is 46.6 Å². The van der Waals surface area contributed by atoms with E-state index in [1.165, 1.54) is 6.92 Å². The molecule has 0 spiro atoms. The number of aliphatic hydroxyl groups excluding tert-OH is 2. The first-order valence-electron chi connectivity index (χ1n) is 4.54. The van der Waals surface area contributed by atoms with E-state index in [1.807, 2.05) is 0 Å². The Labute approximate surface area is 112 Å². The molecule has 0 unspecified atom stereocenters. The molecule has 0 aromatic carbocycles. The molecule has 3 N–H and O–H groups in total. The fourth-order valence-corrected chi connectivity index (χ4v) is 0.174. The third kappa shape index (κ3) is 164. The summed E-state index contributed by atoms with van der Waals surface area (Å²) < 4.78 is 0. The van der Waals surface area contributed by atoms with Gasteiger partial charge in [-0.25, -0.2) is 6.42 Å². The number of hydrogen-bond acceptors (Lipinski definition) is 4. The Hall–Kier alpha value is -0.356. The van der Waals surface area contributed by atoms with Crippen LogP contribution in [-0.4, -0.2) is 39.3 Å². The Kier molecular flexibility index (Phi) is 26.4. The quantitative estimate of drug-likeness (QED) is 0.388. The van der Waals surface area contributed by atoms with Gasteiger partial charge in [-0.15, -0.1) is 0 Å². The summed E-state index contributed by atoms with van der Waals surface area (Å²) in [6.07, 6.45) is 0.278. The van der Waals surface area contributed by atoms with Gasteiger partial charge in [0.15, 0.2) is 5.97 Å². The van der Waals surface area contributed by atoms with Gasteiger partial charge in [-0.05, 0) is 34.6 Å². The van der Waals surface area contributed by atoms with Gasteiger partial charge in [0.2, 0.25) is 0 Å². The third-order valence-corrected chi connectivity index (χ3v) is 0.327. The standard InChI is InChI=1S/C4H5O3.2C3H8O.Ti/c1-3(5)2-4(6)7;2*1-3(2)4;/h2H,1H3,(H,6,7);2*3-4H,1-2H3;/q-1;;;. The van der Waals surface area contributed by atoms with Crippen LogP contribution >= 0.6 is 0 Å². The zero-order valence-corrected chi connectivity index (χ0v) is 12.0. The van der Waals surface area contributed by atoms with E-state index in [4.69, 9.17) is 15.3 Å². The maximum Gasteiger partial charge on any atom is 0.170 e. The third-order valence-electron chi connectivity index (χ3n) is 0.327. The van der Waals surface area contributed by atoms with Crippen LogP contribution in [0, 0.1) is 6.42 Å². The van der Waals surface area contributed by atoms with Gasteiger partial charge in [0, 0.05) is 39.7 Å². The molecular weight excluding hydrogens is 248 g/mol. The van der Waals surface area contributed by atoms with E-state index in [0.717, 1.165) is 0 Å². The molecule has 0 fully saturated rings. The van der Waals surface area contributed by atoms with Gasteiger partial charge in [-0.1, -0.05) is 0 Å². The van der Waals surface area contributed by atoms with Gasteiger partial charge in [0.05, 0.1) is 0 Å². The molecule has 96 valence electrons. The minimum absolute atomic E-state index is 0. The molecule has 0 rings (SSSR count). The van der Waals surface area contributed by atoms with Crippen molar-refractivity contribution in [2.75, 3.05) is 0 Å². The summed E-state index contributed by atoms with van der Waals surface area (Å²) in [5.74, 6) is -1.62. The molecule has 0 bridgehead atoms. The van der Waals surface area contributed by atoms with Gasteiger partial charge >= 0.3 is 0 Å². The average Bonchev–Trinajstić information content (AvgIpc) is 1.78. The molecule has 0 saturated heterocycles. The Morgan fingerprint density at radius 2 is 1.19 bits per heavy atom. The topological polar surface area (TPSA) is 94.8 Å². The molecular formula is C10H21O5Ti-. The normalized spacial score (nSPS) is 7.81. The van der Waals surface area contributed by atoms with E-state index in [1.54, 1.807) is 27.7 Å². The van der Waals surface area contributed by atoms with Crippen molar-refractivity contribution in [3.8, 4) is 0 Å². The van der Waals surface area contributed by atoms with Crippen LogP contribution in [0.1, 0.15) is 34.6 Å². The van der Waals surface area contributed by atoms with E-state index in [0.29, 0.717) is 6.42 Å². The van der Waals surface area contributed by atoms with Crippen LogP contribution in [0.2, 0.25) is 0 Å². The molecule has 0 aliphatic carbocycles. The van der Waals surface area contributed by atoms with Crippen molar-refractivity contribution in [1.82, 2.24) is 0 Å². The summed E-state index contributed by atoms with van der Waals surface area (Å²) in [6.45, 7) is 8.08. The van der Waals surface area contributed by atoms with Gasteiger partial charge in [-0.2, -0.15) is 0 Å². The number of rotatable bonds is 2. The van der Waals surface area contributed by atoms with Crippen molar-refractivity contribution in [2.45, 2.75) is 46.8 Å². The number of carbonyl (C=O) groups excluding carboxylic acids is 1. The number of hydrogen-bond donors (Lipinski definition) is 3. The van der Waals surface area contributed by atoms with Crippen LogP contribution in [0.4, 0.5) is 0 Å². The molecule has 0 aromatic rings. The Bertz CT molecular complexity index is 145. The van der Waals surface area contributed by atoms with Crippen LogP contribution in [-0.2, 0) is 31.3 Å². The zero-order chi connectivity index (χ0) is 13.0. The first kappa shape index (κ1) is 24.7. The first-order chi connectivity index (χ1) is 6.59. The molecule has 5 nitrogen and oxygen atoms in total. The maximum absolute atomic E-state index is 9.82. The SMILES string of the molecule is CC(=O)[CH-]C(=O)O.CC(C)O.CC(C)O.[Ti]. The molecule has 0 aromatic heterocycles. The summed E-state index contributed by atoms with van der Waals surface area (Å²) >= 11 is 0. The number of carbonyl (C=O) groups is 2. The number of ketones is 1. The predicted octanol–water partition coefficient (Wildman–Crippen LogP) is 0.636. The average molecular weight is 269 g/mol. The van der Waals surface area contributed by atoms with E-state index >= 15 is 0 Å². The van der Waals surface area contributed by atoms with Crippen molar-refractivity contribution in [1.29, 1.82) is 0 Å². The van der Waals surface area contributed by atoms with Gasteiger partial charge in [0.1, 0.15) is 0 Å². The van der Waals surface area contributed by atoms with E-state index < -0.39 is 11.8 Å². The number of carboxylic acids is 1. The van der Waals surface area contributed by atoms with Crippen LogP contribution in [0.15, 0.2) is 0 Å². The molecule has 0 aliphatic rings. The Morgan fingerprint density at radius 1 is 1.00 bits per heavy atom. The summed E-state index contributed by atoms with van der Waals surface area (Å²) in [5.41, 5.74) is 0. The molecule has 0 radical (unpaired) electrons. The number of Topliss-reactive ketones (excluding diaryl/α,β-unsaturated/α-hetero) is 1.